The molecule has 1 aliphatic heterocycles. The zero-order valence-electron chi connectivity index (χ0n) is 15.7. The molecule has 0 spiro atoms. The Morgan fingerprint density at radius 1 is 0.852 bits per heavy atom. The molecule has 1 saturated heterocycles. The molecule has 1 aliphatic rings. The Bertz CT molecular complexity index is 805. The predicted molar refractivity (Wildman–Crippen MR) is 110 cm³/mol. The highest BCUT2D eigenvalue weighted by Gasteiger charge is 2.30. The fraction of sp³-hybridized carbons (Fsp3) is 0.292. The van der Waals surface area contributed by atoms with Crippen LogP contribution in [0.5, 0.6) is 0 Å². The zero-order valence-corrected chi connectivity index (χ0v) is 15.7. The maximum Gasteiger partial charge on any atom is 0.0271 e. The van der Waals surface area contributed by atoms with Gasteiger partial charge in [0.25, 0.3) is 0 Å². The summed E-state index contributed by atoms with van der Waals surface area (Å²) in [6, 6.07) is 26.5. The summed E-state index contributed by atoms with van der Waals surface area (Å²) < 4.78 is 0. The van der Waals surface area contributed by atoms with Gasteiger partial charge in [-0.3, -0.25) is 9.88 Å². The monoisotopic (exact) mass is 357 g/mol. The Labute approximate surface area is 162 Å². The van der Waals surface area contributed by atoms with E-state index in [1.165, 1.54) is 16.7 Å². The lowest BCUT2D eigenvalue weighted by Gasteiger charge is -2.39. The van der Waals surface area contributed by atoms with E-state index in [1.807, 2.05) is 12.4 Å². The fourth-order valence-corrected chi connectivity index (χ4v) is 4.04. The first-order valence-corrected chi connectivity index (χ1v) is 9.82. The summed E-state index contributed by atoms with van der Waals surface area (Å²) in [7, 11) is 0. The van der Waals surface area contributed by atoms with E-state index in [-0.39, 0.29) is 0 Å². The minimum atomic E-state index is 0.493. The molecule has 1 aromatic heterocycles. The van der Waals surface area contributed by atoms with Crippen LogP contribution in [0.3, 0.4) is 0 Å². The third kappa shape index (κ3) is 4.82. The molecule has 0 bridgehead atoms. The van der Waals surface area contributed by atoms with E-state index in [4.69, 9.17) is 0 Å². The van der Waals surface area contributed by atoms with Gasteiger partial charge in [-0.25, -0.2) is 0 Å². The number of hydrogen-bond donors (Lipinski definition) is 1. The van der Waals surface area contributed by atoms with E-state index in [0.717, 1.165) is 32.6 Å². The highest BCUT2D eigenvalue weighted by atomic mass is 15.1. The molecule has 2 heterocycles. The zero-order chi connectivity index (χ0) is 18.3. The Hall–Kier alpha value is -2.49. The van der Waals surface area contributed by atoms with Gasteiger partial charge < -0.3 is 5.32 Å². The van der Waals surface area contributed by atoms with Gasteiger partial charge in [0.2, 0.25) is 0 Å². The number of pyridine rings is 1. The first-order chi connectivity index (χ1) is 13.4. The van der Waals surface area contributed by atoms with E-state index >= 15 is 0 Å². The molecular formula is C24H27N3. The summed E-state index contributed by atoms with van der Waals surface area (Å²) in [4.78, 5) is 6.71. The van der Waals surface area contributed by atoms with Gasteiger partial charge in [0.15, 0.2) is 0 Å². The van der Waals surface area contributed by atoms with Gasteiger partial charge in [-0.1, -0.05) is 60.7 Å². The number of nitrogens with one attached hydrogen (secondary N) is 1. The van der Waals surface area contributed by atoms with Crippen molar-refractivity contribution in [2.45, 2.75) is 31.5 Å². The van der Waals surface area contributed by atoms with Gasteiger partial charge in [0, 0.05) is 50.5 Å². The van der Waals surface area contributed by atoms with Crippen molar-refractivity contribution in [3.05, 3.63) is 102 Å². The van der Waals surface area contributed by atoms with E-state index in [1.54, 1.807) is 0 Å². The molecule has 138 valence electrons. The summed E-state index contributed by atoms with van der Waals surface area (Å²) in [6.45, 7) is 4.15. The molecule has 2 atom stereocenters. The molecule has 2 unspecified atom stereocenters. The second kappa shape index (κ2) is 8.94. The lowest BCUT2D eigenvalue weighted by molar-refractivity contribution is 0.166. The van der Waals surface area contributed by atoms with Gasteiger partial charge in [-0.05, 0) is 35.2 Å². The first-order valence-electron chi connectivity index (χ1n) is 9.82. The lowest BCUT2D eigenvalue weighted by Crippen LogP contribution is -2.47. The van der Waals surface area contributed by atoms with Gasteiger partial charge in [-0.2, -0.15) is 0 Å². The maximum absolute atomic E-state index is 4.12. The molecule has 0 aliphatic carbocycles. The van der Waals surface area contributed by atoms with Gasteiger partial charge >= 0.3 is 0 Å². The standard InChI is InChI=1S/C24H27N3/c1-3-7-21(8-4-1)18-27-16-13-24(26-17-20-11-14-25-15-12-20)23(19-27)22-9-5-2-6-10-22/h1-12,14-15,23-24,26H,13,16-19H2. The Kier molecular flexibility index (Phi) is 5.92. The molecule has 3 heteroatoms. The molecule has 3 nitrogen and oxygen atoms in total. The van der Waals surface area contributed by atoms with Gasteiger partial charge in [0.1, 0.15) is 0 Å². The van der Waals surface area contributed by atoms with E-state index in [2.05, 4.69) is 88.0 Å². The smallest absolute Gasteiger partial charge is 0.0271 e. The highest BCUT2D eigenvalue weighted by molar-refractivity contribution is 5.23. The topological polar surface area (TPSA) is 28.2 Å². The number of benzene rings is 2. The van der Waals surface area contributed by atoms with Crippen LogP contribution in [-0.2, 0) is 13.1 Å². The summed E-state index contributed by atoms with van der Waals surface area (Å²) >= 11 is 0. The van der Waals surface area contributed by atoms with Crippen LogP contribution in [0.1, 0.15) is 29.0 Å². The van der Waals surface area contributed by atoms with Crippen molar-refractivity contribution in [2.75, 3.05) is 13.1 Å². The van der Waals surface area contributed by atoms with Crippen molar-refractivity contribution < 1.29 is 0 Å². The van der Waals surface area contributed by atoms with E-state index in [0.29, 0.717) is 12.0 Å². The third-order valence-electron chi connectivity index (χ3n) is 5.49. The Morgan fingerprint density at radius 3 is 2.30 bits per heavy atom. The molecule has 4 rings (SSSR count). The van der Waals surface area contributed by atoms with Crippen molar-refractivity contribution in [3.63, 3.8) is 0 Å². The Balaban J connectivity index is 1.46. The van der Waals surface area contributed by atoms with Crippen molar-refractivity contribution in [3.8, 4) is 0 Å². The maximum atomic E-state index is 4.12. The van der Waals surface area contributed by atoms with Crippen LogP contribution in [0.4, 0.5) is 0 Å². The molecule has 2 aromatic carbocycles. The van der Waals surface area contributed by atoms with Crippen LogP contribution >= 0.6 is 0 Å². The number of piperidine rings is 1. The lowest BCUT2D eigenvalue weighted by atomic mass is 9.85. The summed E-state index contributed by atoms with van der Waals surface area (Å²) in [5.74, 6) is 0.505. The molecule has 1 fully saturated rings. The van der Waals surface area contributed by atoms with Crippen molar-refractivity contribution in [2.24, 2.45) is 0 Å². The number of rotatable bonds is 6. The van der Waals surface area contributed by atoms with Gasteiger partial charge in [0.05, 0.1) is 0 Å². The van der Waals surface area contributed by atoms with Crippen molar-refractivity contribution in [1.82, 2.24) is 15.2 Å². The summed E-state index contributed by atoms with van der Waals surface area (Å²) in [5, 5.41) is 3.82. The van der Waals surface area contributed by atoms with Gasteiger partial charge in [-0.15, -0.1) is 0 Å². The van der Waals surface area contributed by atoms with Crippen molar-refractivity contribution >= 4 is 0 Å². The van der Waals surface area contributed by atoms with E-state index < -0.39 is 0 Å². The largest absolute Gasteiger partial charge is 0.309 e. The van der Waals surface area contributed by atoms with Crippen molar-refractivity contribution in [1.29, 1.82) is 0 Å². The molecule has 3 aromatic rings. The van der Waals surface area contributed by atoms with E-state index in [9.17, 15) is 0 Å². The fourth-order valence-electron chi connectivity index (χ4n) is 4.04. The van der Waals surface area contributed by atoms with Crippen LogP contribution in [-0.4, -0.2) is 29.0 Å². The second-order valence-electron chi connectivity index (χ2n) is 7.37. The van der Waals surface area contributed by atoms with Crippen LogP contribution in [0.15, 0.2) is 85.2 Å². The van der Waals surface area contributed by atoms with Crippen LogP contribution in [0, 0.1) is 0 Å². The number of hydrogen-bond acceptors (Lipinski definition) is 3. The highest BCUT2D eigenvalue weighted by Crippen LogP contribution is 2.28. The quantitative estimate of drug-likeness (QED) is 0.716. The normalized spacial score (nSPS) is 20.4. The average molecular weight is 358 g/mol. The minimum Gasteiger partial charge on any atom is -0.309 e. The average Bonchev–Trinajstić information content (AvgIpc) is 2.75. The molecule has 1 N–H and O–H groups in total. The summed E-state index contributed by atoms with van der Waals surface area (Å²) in [6.07, 6.45) is 4.90. The molecule has 27 heavy (non-hydrogen) atoms. The van der Waals surface area contributed by atoms with Crippen LogP contribution in [0.25, 0.3) is 0 Å². The number of aromatic nitrogens is 1. The SMILES string of the molecule is c1ccc(CN2CCC(NCc3ccncc3)C(c3ccccc3)C2)cc1. The molecule has 0 radical (unpaired) electrons. The van der Waals surface area contributed by atoms with Crippen LogP contribution in [0.2, 0.25) is 0 Å². The molecule has 0 amide bonds. The molecular weight excluding hydrogens is 330 g/mol. The number of nitrogens with zero attached hydrogens (tertiary/aromatic N) is 2. The molecule has 0 saturated carbocycles. The minimum absolute atomic E-state index is 0.493. The third-order valence-corrected chi connectivity index (χ3v) is 5.49. The number of likely N-dealkylation sites (tertiary alicyclic amines) is 1. The first kappa shape index (κ1) is 17.9. The summed E-state index contributed by atoms with van der Waals surface area (Å²) in [5.41, 5.74) is 4.12. The predicted octanol–water partition coefficient (Wildman–Crippen LogP) is 4.23. The second-order valence-corrected chi connectivity index (χ2v) is 7.37. The Morgan fingerprint density at radius 2 is 1.56 bits per heavy atom. The van der Waals surface area contributed by atoms with Crippen LogP contribution < -0.4 is 5.32 Å².